The summed E-state index contributed by atoms with van der Waals surface area (Å²) < 4.78 is 72.7. The quantitative estimate of drug-likeness (QED) is 0.0265. The van der Waals surface area contributed by atoms with Crippen molar-refractivity contribution in [1.29, 1.82) is 0 Å². The second-order valence-corrected chi connectivity index (χ2v) is 26.8. The summed E-state index contributed by atoms with van der Waals surface area (Å²) in [5.41, 5.74) is 1.77. The van der Waals surface area contributed by atoms with Crippen LogP contribution >= 0.6 is 65.8 Å². The van der Waals surface area contributed by atoms with Gasteiger partial charge in [-0.15, -0.1) is 0 Å². The molecule has 4 fully saturated rings. The number of allylic oxidation sites excluding steroid dienone is 2. The molecule has 0 spiro atoms. The van der Waals surface area contributed by atoms with Crippen molar-refractivity contribution >= 4 is 77.0 Å². The van der Waals surface area contributed by atoms with Gasteiger partial charge in [0.2, 0.25) is 17.2 Å². The number of fused-ring (bicyclic) bond motifs is 2. The van der Waals surface area contributed by atoms with E-state index in [0.29, 0.717) is 21.4 Å². The molecule has 1 aromatic carbocycles. The Labute approximate surface area is 518 Å². The van der Waals surface area contributed by atoms with Gasteiger partial charge < -0.3 is 92.8 Å². The van der Waals surface area contributed by atoms with Crippen molar-refractivity contribution in [3.63, 3.8) is 0 Å². The Kier molecular flexibility index (Phi) is 26.0. The Hall–Kier alpha value is -2.65. The van der Waals surface area contributed by atoms with Crippen LogP contribution in [-0.4, -0.2) is 224 Å². The van der Waals surface area contributed by atoms with Gasteiger partial charge in [0.25, 0.3) is 0 Å². The van der Waals surface area contributed by atoms with Crippen molar-refractivity contribution in [2.45, 2.75) is 175 Å². The fourth-order valence-corrected chi connectivity index (χ4v) is 14.8. The first-order valence-corrected chi connectivity index (χ1v) is 33.1. The van der Waals surface area contributed by atoms with Gasteiger partial charge in [-0.3, -0.25) is 14.9 Å². The third kappa shape index (κ3) is 15.8. The zero-order valence-corrected chi connectivity index (χ0v) is 53.7. The van der Waals surface area contributed by atoms with E-state index in [1.54, 1.807) is 40.9 Å². The number of carbonyl (C=O) groups excluding carboxylic acids is 2. The number of amides is 1. The van der Waals surface area contributed by atoms with Gasteiger partial charge in [-0.05, 0) is 90.6 Å². The van der Waals surface area contributed by atoms with E-state index >= 15 is 0 Å². The number of aliphatic hydroxyl groups excluding tert-OH is 5. The van der Waals surface area contributed by atoms with Crippen LogP contribution in [0.5, 0.6) is 17.2 Å². The third-order valence-electron chi connectivity index (χ3n) is 14.9. The smallest absolute Gasteiger partial charge is 0.411 e. The first kappa shape index (κ1) is 68.8. The minimum absolute atomic E-state index is 0.0300. The van der Waals surface area contributed by atoms with Crippen LogP contribution in [0.25, 0.3) is 0 Å². The number of aliphatic hydroxyl groups is 6. The van der Waals surface area contributed by atoms with Crippen LogP contribution in [0.15, 0.2) is 35.1 Å². The molecule has 6 aliphatic rings. The van der Waals surface area contributed by atoms with Crippen LogP contribution in [0.1, 0.15) is 62.9 Å². The second kappa shape index (κ2) is 31.7. The number of hydrogen-bond donors (Lipinski definition) is 9. The lowest BCUT2D eigenvalue weighted by atomic mass is 9.74. The molecule has 2 aliphatic carbocycles. The number of alkyl carbamates (subject to hydrolysis) is 1. The van der Waals surface area contributed by atoms with E-state index in [0.717, 1.165) is 11.8 Å². The fourth-order valence-electron chi connectivity index (χ4n) is 10.7. The van der Waals surface area contributed by atoms with Gasteiger partial charge >= 0.3 is 6.09 Å². The Morgan fingerprint density at radius 3 is 2.26 bits per heavy atom. The van der Waals surface area contributed by atoms with Gasteiger partial charge in [0.15, 0.2) is 36.0 Å². The lowest BCUT2D eigenvalue weighted by molar-refractivity contribution is -0.336. The van der Waals surface area contributed by atoms with Crippen molar-refractivity contribution < 1.29 is 102 Å². The van der Waals surface area contributed by atoms with Crippen LogP contribution in [0, 0.1) is 34.2 Å². The first-order chi connectivity index (χ1) is 40.2. The topological polar surface area (TPSA) is 312 Å². The number of benzene rings is 1. The molecule has 84 heavy (non-hydrogen) atoms. The fraction of sp³-hybridized carbons (Fsp3) is 0.673. The molecule has 20 atom stereocenters. The van der Waals surface area contributed by atoms with Crippen LogP contribution in [-0.2, 0) is 47.5 Å². The first-order valence-electron chi connectivity index (χ1n) is 27.0. The summed E-state index contributed by atoms with van der Waals surface area (Å²) in [4.78, 5) is 33.5. The summed E-state index contributed by atoms with van der Waals surface area (Å²) in [6.45, 7) is 9.46. The maximum absolute atomic E-state index is 14.4. The summed E-state index contributed by atoms with van der Waals surface area (Å²) >= 11 is 2.83. The highest BCUT2D eigenvalue weighted by Gasteiger charge is 2.52. The maximum Gasteiger partial charge on any atom is 0.411 e. The molecule has 0 radical (unpaired) electrons. The standard InChI is InChI=1S/C55H76IN3O21S4/c1-12-57-30-24-73-35(22-34(30)68-6)78-48-43(63)40(26(3)75-53(48)77-33-17-15-13-14-16-19-55(67)23-32(61)41(58-54(66)72-10)38(33)29(55)18-20-82-84-81-11)59-80-36-21-31(60)50(28(5)74-36)83-51(65)37-25(2)39(56)46(49(71-9)45(37)69-7)79-52-44(64)47(70-8)42(62)27(4)76-52/h13-14,18,26-28,30-36,40,42-44,47-48,50,52-53,57,59-64,67H,12,20-24H2,1-11H3,(H,58,66)/b14-13?,29-18+/t26-,27+,28-,30+,31+,32+,33+,34+,35+,36+,40-,42+,43+,44-,47-,48-,50-,52+,53+,55+/m1/s1. The van der Waals surface area contributed by atoms with E-state index in [4.69, 9.17) is 61.7 Å². The van der Waals surface area contributed by atoms with Crippen molar-refractivity contribution in [2.75, 3.05) is 60.7 Å². The van der Waals surface area contributed by atoms with Crippen molar-refractivity contribution in [3.05, 3.63) is 49.8 Å². The van der Waals surface area contributed by atoms with E-state index in [1.165, 1.54) is 72.0 Å². The molecule has 0 unspecified atom stereocenters. The summed E-state index contributed by atoms with van der Waals surface area (Å²) in [7, 11) is 11.4. The molecule has 7 rings (SSSR count). The third-order valence-corrected chi connectivity index (χ3v) is 21.3. The van der Waals surface area contributed by atoms with Crippen molar-refractivity contribution in [1.82, 2.24) is 16.1 Å². The van der Waals surface area contributed by atoms with Crippen LogP contribution in [0.2, 0.25) is 0 Å². The number of rotatable bonds is 22. The molecule has 1 aromatic rings. The van der Waals surface area contributed by atoms with E-state index in [1.807, 2.05) is 35.8 Å². The highest BCUT2D eigenvalue weighted by molar-refractivity contribution is 14.1. The van der Waals surface area contributed by atoms with E-state index in [2.05, 4.69) is 39.8 Å². The Morgan fingerprint density at radius 2 is 1.60 bits per heavy atom. The number of hydroxylamine groups is 1. The van der Waals surface area contributed by atoms with Gasteiger partial charge in [0, 0.05) is 50.4 Å². The highest BCUT2D eigenvalue weighted by atomic mass is 127. The normalized spacial score (nSPS) is 36.4. The largest absolute Gasteiger partial charge is 0.492 e. The van der Waals surface area contributed by atoms with Crippen molar-refractivity contribution in [3.8, 4) is 40.9 Å². The maximum atomic E-state index is 14.4. The zero-order chi connectivity index (χ0) is 61.2. The van der Waals surface area contributed by atoms with Gasteiger partial charge in [-0.1, -0.05) is 70.0 Å². The number of nitrogens with one attached hydrogen (secondary N) is 3. The molecule has 4 heterocycles. The number of carbonyl (C=O) groups is 2. The molecule has 0 aromatic heterocycles. The summed E-state index contributed by atoms with van der Waals surface area (Å²) in [5, 5.41) is 74.6. The molecule has 0 saturated carbocycles. The molecule has 2 bridgehead atoms. The van der Waals surface area contributed by atoms with Gasteiger partial charge in [-0.25, -0.2) is 4.79 Å². The Morgan fingerprint density at radius 1 is 0.869 bits per heavy atom. The number of halogens is 1. The molecule has 4 saturated heterocycles. The average molecular weight is 1370 g/mol. The van der Waals surface area contributed by atoms with Gasteiger partial charge in [0.1, 0.15) is 36.6 Å². The molecular formula is C55H76IN3O21S4. The Bertz CT molecular complexity index is 2660. The molecule has 24 nitrogen and oxygen atoms in total. The second-order valence-electron chi connectivity index (χ2n) is 20.2. The average Bonchev–Trinajstić information content (AvgIpc) is 1.36. The number of ether oxygens (including phenoxy) is 12. The minimum Gasteiger partial charge on any atom is -0.492 e. The van der Waals surface area contributed by atoms with E-state index < -0.39 is 120 Å². The number of likely N-dealkylation sites (N-methyl/N-ethyl adjacent to an activating group) is 1. The van der Waals surface area contributed by atoms with Gasteiger partial charge in [-0.2, -0.15) is 5.48 Å². The molecule has 4 aliphatic heterocycles. The monoisotopic (exact) mass is 1370 g/mol. The predicted octanol–water partition coefficient (Wildman–Crippen LogP) is 2.99. The number of hydrogen-bond acceptors (Lipinski definition) is 27. The zero-order valence-electron chi connectivity index (χ0n) is 48.3. The molecule has 9 N–H and O–H groups in total. The number of methoxy groups -OCH3 is 5. The van der Waals surface area contributed by atoms with Crippen LogP contribution < -0.4 is 30.3 Å². The van der Waals surface area contributed by atoms with E-state index in [-0.39, 0.29) is 77.7 Å². The van der Waals surface area contributed by atoms with E-state index in [9.17, 15) is 40.2 Å². The highest BCUT2D eigenvalue weighted by Crippen LogP contribution is 2.49. The molecule has 1 amide bonds. The lowest BCUT2D eigenvalue weighted by Gasteiger charge is -2.47. The lowest BCUT2D eigenvalue weighted by Crippen LogP contribution is -2.65. The SMILES string of the molecule is CCN[C@H]1CO[C@@H](O[C@H]2[C@H](O[C@H]3C#CC=CC#C[C@]4(O)C[C@H](O)C(NC(=O)OC)=C3/C4=C\CSSSC)O[C@H](C)[C@@H](NO[C@H]3C[C@H](O)[C@H](SC(=O)c4c(C)c(I)c(O[C@@H]5O[C@@H](C)[C@H](O)[C@@H](OC)[C@H]5O)c(OC)c4OC)[C@@H](C)O3)[C@@H]2O)C[C@@H]1OC. The van der Waals surface area contributed by atoms with Crippen molar-refractivity contribution in [2.24, 2.45) is 0 Å². The molecular weight excluding hydrogens is 1290 g/mol. The molecule has 29 heteroatoms. The Balaban J connectivity index is 1.12. The summed E-state index contributed by atoms with van der Waals surface area (Å²) in [5.74, 6) is 12.2. The van der Waals surface area contributed by atoms with Crippen LogP contribution in [0.3, 0.4) is 0 Å². The number of thioether (sulfide) groups is 1. The minimum atomic E-state index is -1.95. The molecule has 468 valence electrons. The predicted molar refractivity (Wildman–Crippen MR) is 321 cm³/mol. The van der Waals surface area contributed by atoms with Crippen LogP contribution in [0.4, 0.5) is 4.79 Å². The summed E-state index contributed by atoms with van der Waals surface area (Å²) in [6.07, 6.45) is -12.8. The van der Waals surface area contributed by atoms with Gasteiger partial charge in [0.05, 0.1) is 96.7 Å². The summed E-state index contributed by atoms with van der Waals surface area (Å²) in [6, 6.07) is -1.24.